The zero-order chi connectivity index (χ0) is 19.1. The van der Waals surface area contributed by atoms with Crippen molar-refractivity contribution in [2.24, 2.45) is 0 Å². The number of pyridine rings is 1. The van der Waals surface area contributed by atoms with Crippen LogP contribution >= 0.6 is 0 Å². The van der Waals surface area contributed by atoms with E-state index in [9.17, 15) is 13.6 Å². The van der Waals surface area contributed by atoms with E-state index in [4.69, 9.17) is 0 Å². The Morgan fingerprint density at radius 2 is 1.78 bits per heavy atom. The molecule has 0 bridgehead atoms. The highest BCUT2D eigenvalue weighted by molar-refractivity contribution is 5.94. The second kappa shape index (κ2) is 8.65. The number of aromatic nitrogens is 3. The number of rotatable bonds is 7. The molecule has 7 nitrogen and oxygen atoms in total. The molecule has 1 amide bonds. The maximum Gasteiger partial charge on any atom is 0.251 e. The van der Waals surface area contributed by atoms with Crippen molar-refractivity contribution in [2.75, 3.05) is 23.7 Å². The van der Waals surface area contributed by atoms with Crippen molar-refractivity contribution in [2.45, 2.75) is 0 Å². The molecule has 9 heteroatoms. The van der Waals surface area contributed by atoms with Gasteiger partial charge < -0.3 is 16.0 Å². The van der Waals surface area contributed by atoms with E-state index < -0.39 is 17.5 Å². The molecule has 2 aromatic heterocycles. The maximum atomic E-state index is 13.1. The van der Waals surface area contributed by atoms with Crippen LogP contribution in [0.2, 0.25) is 0 Å². The summed E-state index contributed by atoms with van der Waals surface area (Å²) in [4.78, 5) is 15.9. The van der Waals surface area contributed by atoms with Crippen molar-refractivity contribution < 1.29 is 13.6 Å². The summed E-state index contributed by atoms with van der Waals surface area (Å²) in [7, 11) is 0. The Bertz CT molecular complexity index is 905. The first kappa shape index (κ1) is 18.2. The van der Waals surface area contributed by atoms with E-state index in [1.54, 1.807) is 30.6 Å². The van der Waals surface area contributed by atoms with Gasteiger partial charge in [0.25, 0.3) is 5.91 Å². The highest BCUT2D eigenvalue weighted by atomic mass is 19.2. The molecule has 0 aliphatic rings. The summed E-state index contributed by atoms with van der Waals surface area (Å²) in [6, 6.07) is 10.2. The molecule has 0 saturated heterocycles. The van der Waals surface area contributed by atoms with Gasteiger partial charge in [0.05, 0.1) is 11.9 Å². The lowest BCUT2D eigenvalue weighted by Crippen LogP contribution is -2.29. The fraction of sp³-hybridized carbons (Fsp3) is 0.111. The Balaban J connectivity index is 1.43. The molecule has 1 aromatic carbocycles. The van der Waals surface area contributed by atoms with Crippen LogP contribution in [-0.4, -0.2) is 34.2 Å². The fourth-order valence-corrected chi connectivity index (χ4v) is 2.18. The van der Waals surface area contributed by atoms with Gasteiger partial charge in [-0.05, 0) is 42.5 Å². The van der Waals surface area contributed by atoms with Gasteiger partial charge in [-0.1, -0.05) is 0 Å². The summed E-state index contributed by atoms with van der Waals surface area (Å²) in [5.74, 6) is -1.43. The van der Waals surface area contributed by atoms with Crippen LogP contribution in [0.1, 0.15) is 10.4 Å². The van der Waals surface area contributed by atoms with Crippen molar-refractivity contribution >= 4 is 23.2 Å². The molecule has 0 atom stereocenters. The highest BCUT2D eigenvalue weighted by Crippen LogP contribution is 2.13. The second-order valence-electron chi connectivity index (χ2n) is 5.48. The number of carbonyl (C=O) groups excluding carboxylic acids is 1. The summed E-state index contributed by atoms with van der Waals surface area (Å²) >= 11 is 0. The van der Waals surface area contributed by atoms with E-state index in [0.29, 0.717) is 18.2 Å². The Morgan fingerprint density at radius 1 is 0.963 bits per heavy atom. The number of hydrogen-bond donors (Lipinski definition) is 3. The van der Waals surface area contributed by atoms with Crippen molar-refractivity contribution in [3.8, 4) is 0 Å². The molecule has 0 aliphatic carbocycles. The van der Waals surface area contributed by atoms with E-state index in [1.165, 1.54) is 6.07 Å². The first-order valence-corrected chi connectivity index (χ1v) is 8.10. The maximum absolute atomic E-state index is 13.1. The van der Waals surface area contributed by atoms with Gasteiger partial charge in [-0.3, -0.25) is 9.78 Å². The molecule has 138 valence electrons. The zero-order valence-corrected chi connectivity index (χ0v) is 14.1. The summed E-state index contributed by atoms with van der Waals surface area (Å²) in [6.07, 6.45) is 3.35. The zero-order valence-electron chi connectivity index (χ0n) is 14.1. The summed E-state index contributed by atoms with van der Waals surface area (Å²) in [5.41, 5.74) is 0.854. The Labute approximate surface area is 153 Å². The second-order valence-corrected chi connectivity index (χ2v) is 5.48. The van der Waals surface area contributed by atoms with Gasteiger partial charge >= 0.3 is 0 Å². The number of halogens is 2. The molecule has 0 saturated carbocycles. The molecule has 3 N–H and O–H groups in total. The van der Waals surface area contributed by atoms with Crippen LogP contribution in [0.25, 0.3) is 0 Å². The number of amides is 1. The number of benzene rings is 1. The molecule has 0 spiro atoms. The minimum absolute atomic E-state index is 0.0551. The number of hydrogen-bond acceptors (Lipinski definition) is 6. The highest BCUT2D eigenvalue weighted by Gasteiger charge is 2.09. The molecule has 0 unspecified atom stereocenters. The Morgan fingerprint density at radius 3 is 2.48 bits per heavy atom. The standard InChI is InChI=1S/C18H16F2N6O/c19-14-4-3-12(10-15(14)20)18(27)23-9-8-22-16-5-6-17(26-25-16)24-13-2-1-7-21-11-13/h1-7,10-11H,8-9H2,(H,22,25)(H,23,27)(H,24,26). The molecule has 27 heavy (non-hydrogen) atoms. The minimum Gasteiger partial charge on any atom is -0.367 e. The van der Waals surface area contributed by atoms with Crippen molar-refractivity contribution in [1.82, 2.24) is 20.5 Å². The number of carbonyl (C=O) groups is 1. The quantitative estimate of drug-likeness (QED) is 0.554. The third kappa shape index (κ3) is 5.18. The largest absolute Gasteiger partial charge is 0.367 e. The predicted molar refractivity (Wildman–Crippen MR) is 96.7 cm³/mol. The van der Waals surface area contributed by atoms with Crippen LogP contribution in [0, 0.1) is 11.6 Å². The number of anilines is 3. The topological polar surface area (TPSA) is 91.8 Å². The first-order valence-electron chi connectivity index (χ1n) is 8.10. The van der Waals surface area contributed by atoms with Gasteiger partial charge in [0.15, 0.2) is 17.5 Å². The molecule has 0 radical (unpaired) electrons. The van der Waals surface area contributed by atoms with Gasteiger partial charge in [-0.15, -0.1) is 10.2 Å². The van der Waals surface area contributed by atoms with Crippen LogP contribution in [0.3, 0.4) is 0 Å². The lowest BCUT2D eigenvalue weighted by atomic mass is 10.2. The average Bonchev–Trinajstić information content (AvgIpc) is 2.69. The van der Waals surface area contributed by atoms with Crippen molar-refractivity contribution in [3.05, 3.63) is 72.1 Å². The number of nitrogens with zero attached hydrogens (tertiary/aromatic N) is 3. The van der Waals surface area contributed by atoms with E-state index in [1.807, 2.05) is 6.07 Å². The Kier molecular flexibility index (Phi) is 5.83. The van der Waals surface area contributed by atoms with E-state index >= 15 is 0 Å². The fourth-order valence-electron chi connectivity index (χ4n) is 2.18. The molecule has 0 aliphatic heterocycles. The molecule has 2 heterocycles. The molecule has 0 fully saturated rings. The van der Waals surface area contributed by atoms with Crippen LogP contribution in [0.5, 0.6) is 0 Å². The summed E-state index contributed by atoms with van der Waals surface area (Å²) in [6.45, 7) is 0.661. The first-order chi connectivity index (χ1) is 13.1. The average molecular weight is 370 g/mol. The smallest absolute Gasteiger partial charge is 0.251 e. The monoisotopic (exact) mass is 370 g/mol. The van der Waals surface area contributed by atoms with Crippen LogP contribution in [0.15, 0.2) is 54.9 Å². The molecular formula is C18H16F2N6O. The molecule has 3 rings (SSSR count). The SMILES string of the molecule is O=C(NCCNc1ccc(Nc2cccnc2)nn1)c1ccc(F)c(F)c1. The lowest BCUT2D eigenvalue weighted by molar-refractivity contribution is 0.0954. The van der Waals surface area contributed by atoms with Gasteiger partial charge in [0.1, 0.15) is 5.82 Å². The summed E-state index contributed by atoms with van der Waals surface area (Å²) in [5, 5.41) is 16.7. The molecular weight excluding hydrogens is 354 g/mol. The van der Waals surface area contributed by atoms with E-state index in [-0.39, 0.29) is 12.1 Å². The van der Waals surface area contributed by atoms with Gasteiger partial charge in [0.2, 0.25) is 0 Å². The van der Waals surface area contributed by atoms with Crippen LogP contribution in [0.4, 0.5) is 26.1 Å². The third-order valence-electron chi connectivity index (χ3n) is 3.50. The molecule has 3 aromatic rings. The van der Waals surface area contributed by atoms with Crippen molar-refractivity contribution in [1.29, 1.82) is 0 Å². The van der Waals surface area contributed by atoms with Gasteiger partial charge in [0, 0.05) is 24.8 Å². The van der Waals surface area contributed by atoms with Gasteiger partial charge in [-0.2, -0.15) is 0 Å². The van der Waals surface area contributed by atoms with Crippen LogP contribution in [-0.2, 0) is 0 Å². The van der Waals surface area contributed by atoms with E-state index in [0.717, 1.165) is 17.8 Å². The number of nitrogens with one attached hydrogen (secondary N) is 3. The third-order valence-corrected chi connectivity index (χ3v) is 3.50. The lowest BCUT2D eigenvalue weighted by Gasteiger charge is -2.08. The normalized spacial score (nSPS) is 10.3. The van der Waals surface area contributed by atoms with E-state index in [2.05, 4.69) is 31.1 Å². The van der Waals surface area contributed by atoms with Crippen molar-refractivity contribution in [3.63, 3.8) is 0 Å². The van der Waals surface area contributed by atoms with Gasteiger partial charge in [-0.25, -0.2) is 8.78 Å². The Hall–Kier alpha value is -3.62. The summed E-state index contributed by atoms with van der Waals surface area (Å²) < 4.78 is 26.0. The minimum atomic E-state index is -1.06. The predicted octanol–water partition coefficient (Wildman–Crippen LogP) is 2.74. The van der Waals surface area contributed by atoms with Crippen LogP contribution < -0.4 is 16.0 Å².